The van der Waals surface area contributed by atoms with Gasteiger partial charge in [0.1, 0.15) is 6.04 Å². The highest BCUT2D eigenvalue weighted by atomic mass is 16.5. The van der Waals surface area contributed by atoms with Crippen LogP contribution in [0.5, 0.6) is 0 Å². The maximum Gasteiger partial charge on any atom is 0.323 e. The van der Waals surface area contributed by atoms with Crippen LogP contribution in [0.15, 0.2) is 0 Å². The molecule has 4 nitrogen and oxygen atoms in total. The van der Waals surface area contributed by atoms with Gasteiger partial charge in [-0.1, -0.05) is 6.92 Å². The fraction of sp³-hybridized carbons (Fsp3) is 0.857. The van der Waals surface area contributed by atoms with Gasteiger partial charge in [-0.15, -0.1) is 0 Å². The maximum atomic E-state index is 10.5. The first-order valence-corrected chi connectivity index (χ1v) is 3.76. The van der Waals surface area contributed by atoms with Gasteiger partial charge in [-0.05, 0) is 13.5 Å². The highest BCUT2D eigenvalue weighted by Gasteiger charge is 2.14. The Morgan fingerprint density at radius 3 is 2.64 bits per heavy atom. The molecule has 0 saturated heterocycles. The van der Waals surface area contributed by atoms with Gasteiger partial charge in [0.25, 0.3) is 0 Å². The number of hydrogen-bond donors (Lipinski definition) is 2. The molecule has 0 spiro atoms. The molecule has 1 unspecified atom stereocenters. The molecule has 0 aromatic carbocycles. The minimum atomic E-state index is -0.861. The Bertz CT molecular complexity index is 116. The number of rotatable bonds is 6. The third-order valence-electron chi connectivity index (χ3n) is 1.24. The normalized spacial score (nSPS) is 12.9. The van der Waals surface area contributed by atoms with Crippen molar-refractivity contribution >= 4 is 5.97 Å². The Hall–Kier alpha value is -0.610. The van der Waals surface area contributed by atoms with Crippen molar-refractivity contribution in [1.29, 1.82) is 0 Å². The molecule has 2 N–H and O–H groups in total. The fourth-order valence-electron chi connectivity index (χ4n) is 0.700. The van der Waals surface area contributed by atoms with Crippen LogP contribution in [0.4, 0.5) is 0 Å². The smallest absolute Gasteiger partial charge is 0.323 e. The van der Waals surface area contributed by atoms with Crippen molar-refractivity contribution in [3.63, 3.8) is 0 Å². The minimum Gasteiger partial charge on any atom is -0.480 e. The second kappa shape index (κ2) is 6.12. The van der Waals surface area contributed by atoms with Crippen LogP contribution in [0, 0.1) is 0 Å². The van der Waals surface area contributed by atoms with Gasteiger partial charge in [-0.2, -0.15) is 0 Å². The summed E-state index contributed by atoms with van der Waals surface area (Å²) in [7, 11) is 0. The van der Waals surface area contributed by atoms with Crippen molar-refractivity contribution in [2.75, 3.05) is 19.8 Å². The van der Waals surface area contributed by atoms with Gasteiger partial charge >= 0.3 is 5.97 Å². The molecule has 4 heteroatoms. The summed E-state index contributed by atoms with van der Waals surface area (Å²) < 4.78 is 4.97. The average Bonchev–Trinajstić information content (AvgIpc) is 1.97. The molecule has 0 heterocycles. The van der Waals surface area contributed by atoms with Crippen LogP contribution < -0.4 is 5.32 Å². The number of carboxylic acid groups (broad SMARTS) is 1. The van der Waals surface area contributed by atoms with Crippen molar-refractivity contribution in [1.82, 2.24) is 5.32 Å². The molecule has 0 aliphatic carbocycles. The van der Waals surface area contributed by atoms with Crippen LogP contribution in [0.3, 0.4) is 0 Å². The largest absolute Gasteiger partial charge is 0.480 e. The van der Waals surface area contributed by atoms with E-state index < -0.39 is 12.0 Å². The van der Waals surface area contributed by atoms with Crippen molar-refractivity contribution < 1.29 is 14.6 Å². The Kier molecular flexibility index (Phi) is 5.78. The number of carboxylic acids is 1. The maximum absolute atomic E-state index is 10.5. The second-order valence-electron chi connectivity index (χ2n) is 2.11. The van der Waals surface area contributed by atoms with Gasteiger partial charge in [-0.3, -0.25) is 4.79 Å². The number of hydrogen-bond acceptors (Lipinski definition) is 3. The topological polar surface area (TPSA) is 58.6 Å². The first kappa shape index (κ1) is 10.4. The van der Waals surface area contributed by atoms with E-state index in [0.717, 1.165) is 0 Å². The number of ether oxygens (including phenoxy) is 1. The molecule has 0 saturated carbocycles. The summed E-state index contributed by atoms with van der Waals surface area (Å²) in [6, 6.07) is -0.569. The monoisotopic (exact) mass is 161 g/mol. The molecule has 0 rings (SSSR count). The molecule has 11 heavy (non-hydrogen) atoms. The van der Waals surface area contributed by atoms with Crippen molar-refractivity contribution in [2.24, 2.45) is 0 Å². The van der Waals surface area contributed by atoms with E-state index in [9.17, 15) is 4.79 Å². The SMILES string of the molecule is CCNC(COCC)C(=O)O. The third kappa shape index (κ3) is 4.75. The number of carbonyl (C=O) groups is 1. The van der Waals surface area contributed by atoms with E-state index in [-0.39, 0.29) is 6.61 Å². The highest BCUT2D eigenvalue weighted by molar-refractivity contribution is 5.73. The van der Waals surface area contributed by atoms with Gasteiger partial charge in [-0.25, -0.2) is 0 Å². The molecule has 0 radical (unpaired) electrons. The quantitative estimate of drug-likeness (QED) is 0.579. The van der Waals surface area contributed by atoms with Gasteiger partial charge < -0.3 is 15.2 Å². The Labute approximate surface area is 66.5 Å². The van der Waals surface area contributed by atoms with Crippen molar-refractivity contribution in [3.05, 3.63) is 0 Å². The van der Waals surface area contributed by atoms with Gasteiger partial charge in [0, 0.05) is 6.61 Å². The fourth-order valence-corrected chi connectivity index (χ4v) is 0.700. The summed E-state index contributed by atoms with van der Waals surface area (Å²) >= 11 is 0. The summed E-state index contributed by atoms with van der Waals surface area (Å²) in [6.45, 7) is 5.13. The van der Waals surface area contributed by atoms with Gasteiger partial charge in [0.05, 0.1) is 6.61 Å². The summed E-state index contributed by atoms with van der Waals surface area (Å²) in [5, 5.41) is 11.4. The predicted molar refractivity (Wildman–Crippen MR) is 41.6 cm³/mol. The molecule has 0 aromatic rings. The van der Waals surface area contributed by atoms with Crippen LogP contribution >= 0.6 is 0 Å². The first-order chi connectivity index (χ1) is 5.22. The van der Waals surface area contributed by atoms with E-state index in [1.807, 2.05) is 13.8 Å². The molecule has 66 valence electrons. The lowest BCUT2D eigenvalue weighted by molar-refractivity contribution is -0.141. The molecule has 0 aromatic heterocycles. The number of nitrogens with one attached hydrogen (secondary N) is 1. The summed E-state index contributed by atoms with van der Waals surface area (Å²) in [5.41, 5.74) is 0. The van der Waals surface area contributed by atoms with Crippen LogP contribution in [0.25, 0.3) is 0 Å². The van der Waals surface area contributed by atoms with E-state index >= 15 is 0 Å². The Morgan fingerprint density at radius 1 is 1.64 bits per heavy atom. The molecule has 1 atom stereocenters. The number of aliphatic carboxylic acids is 1. The van der Waals surface area contributed by atoms with Crippen LogP contribution in [0.2, 0.25) is 0 Å². The summed E-state index contributed by atoms with van der Waals surface area (Å²) in [5.74, 6) is -0.861. The Morgan fingerprint density at radius 2 is 2.27 bits per heavy atom. The molecule has 0 aliphatic heterocycles. The lowest BCUT2D eigenvalue weighted by Gasteiger charge is -2.11. The molecule has 0 bridgehead atoms. The lowest BCUT2D eigenvalue weighted by atomic mass is 10.3. The zero-order valence-electron chi connectivity index (χ0n) is 6.96. The van der Waals surface area contributed by atoms with Crippen LogP contribution in [-0.2, 0) is 9.53 Å². The van der Waals surface area contributed by atoms with E-state index in [1.165, 1.54) is 0 Å². The molecular formula is C7H15NO3. The predicted octanol–water partition coefficient (Wildman–Crippen LogP) is 0.0856. The van der Waals surface area contributed by atoms with E-state index in [0.29, 0.717) is 13.2 Å². The number of likely N-dealkylation sites (N-methyl/N-ethyl adjacent to an activating group) is 1. The van der Waals surface area contributed by atoms with Crippen molar-refractivity contribution in [2.45, 2.75) is 19.9 Å². The van der Waals surface area contributed by atoms with Crippen molar-refractivity contribution in [3.8, 4) is 0 Å². The highest BCUT2D eigenvalue weighted by Crippen LogP contribution is 1.85. The second-order valence-corrected chi connectivity index (χ2v) is 2.11. The molecule has 0 fully saturated rings. The first-order valence-electron chi connectivity index (χ1n) is 3.76. The zero-order chi connectivity index (χ0) is 8.69. The molecular weight excluding hydrogens is 146 g/mol. The van der Waals surface area contributed by atoms with Gasteiger partial charge in [0.15, 0.2) is 0 Å². The van der Waals surface area contributed by atoms with Crippen LogP contribution in [-0.4, -0.2) is 36.9 Å². The lowest BCUT2D eigenvalue weighted by Crippen LogP contribution is -2.40. The van der Waals surface area contributed by atoms with E-state index in [1.54, 1.807) is 0 Å². The zero-order valence-corrected chi connectivity index (χ0v) is 6.96. The minimum absolute atomic E-state index is 0.236. The Balaban J connectivity index is 3.60. The standard InChI is InChI=1S/C7H15NO3/c1-3-8-6(7(9)10)5-11-4-2/h6,8H,3-5H2,1-2H3,(H,9,10). The average molecular weight is 161 g/mol. The van der Waals surface area contributed by atoms with Crippen LogP contribution in [0.1, 0.15) is 13.8 Å². The molecule has 0 amide bonds. The third-order valence-corrected chi connectivity index (χ3v) is 1.24. The summed E-state index contributed by atoms with van der Waals surface area (Å²) in [4.78, 5) is 10.5. The van der Waals surface area contributed by atoms with E-state index in [2.05, 4.69) is 5.32 Å². The summed E-state index contributed by atoms with van der Waals surface area (Å²) in [6.07, 6.45) is 0. The van der Waals surface area contributed by atoms with Gasteiger partial charge in [0.2, 0.25) is 0 Å². The molecule has 0 aliphatic rings. The van der Waals surface area contributed by atoms with E-state index in [4.69, 9.17) is 9.84 Å².